The Bertz CT molecular complexity index is 473. The van der Waals surface area contributed by atoms with Crippen LogP contribution >= 0.6 is 0 Å². The zero-order chi connectivity index (χ0) is 15.9. The zero-order valence-corrected chi connectivity index (χ0v) is 13.1. The fraction of sp³-hybridized carbons (Fsp3) is 0.562. The Morgan fingerprint density at radius 2 is 2.00 bits per heavy atom. The second-order valence-electron chi connectivity index (χ2n) is 5.75. The highest BCUT2D eigenvalue weighted by Crippen LogP contribution is 2.28. The van der Waals surface area contributed by atoms with E-state index in [0.717, 1.165) is 24.8 Å². The highest BCUT2D eigenvalue weighted by molar-refractivity contribution is 5.82. The van der Waals surface area contributed by atoms with Crippen LogP contribution in [0.3, 0.4) is 0 Å². The minimum absolute atomic E-state index is 0.0171. The van der Waals surface area contributed by atoms with Gasteiger partial charge in [0.15, 0.2) is 11.5 Å². The van der Waals surface area contributed by atoms with Crippen LogP contribution in [-0.2, 0) is 6.61 Å². The molecule has 4 N–H and O–H groups in total. The van der Waals surface area contributed by atoms with Crippen molar-refractivity contribution in [3.63, 3.8) is 0 Å². The number of nitrogens with one attached hydrogen (secondary N) is 1. The molecule has 0 saturated heterocycles. The van der Waals surface area contributed by atoms with Crippen molar-refractivity contribution in [2.75, 3.05) is 13.7 Å². The van der Waals surface area contributed by atoms with E-state index >= 15 is 0 Å². The quantitative estimate of drug-likeness (QED) is 0.371. The maximum Gasteiger partial charge on any atom is 0.161 e. The average molecular weight is 294 g/mol. The van der Waals surface area contributed by atoms with Crippen molar-refractivity contribution in [1.82, 2.24) is 0 Å². The van der Waals surface area contributed by atoms with Crippen LogP contribution < -0.4 is 15.2 Å². The molecule has 0 radical (unpaired) electrons. The van der Waals surface area contributed by atoms with Crippen molar-refractivity contribution in [3.05, 3.63) is 23.8 Å². The summed E-state index contributed by atoms with van der Waals surface area (Å²) in [5.74, 6) is 1.54. The molecule has 0 amide bonds. The summed E-state index contributed by atoms with van der Waals surface area (Å²) in [6.45, 7) is 4.53. The van der Waals surface area contributed by atoms with Gasteiger partial charge in [0.1, 0.15) is 0 Å². The Kier molecular flexibility index (Phi) is 6.49. The van der Waals surface area contributed by atoms with Gasteiger partial charge in [-0.2, -0.15) is 0 Å². The lowest BCUT2D eigenvalue weighted by molar-refractivity contribution is 0.272. The summed E-state index contributed by atoms with van der Waals surface area (Å²) in [7, 11) is 1.58. The average Bonchev–Trinajstić information content (AvgIpc) is 2.46. The summed E-state index contributed by atoms with van der Waals surface area (Å²) in [5.41, 5.74) is 6.10. The number of nitrogens with two attached hydrogens (primary N) is 1. The Hall–Kier alpha value is -1.75. The molecule has 0 aliphatic rings. The van der Waals surface area contributed by atoms with E-state index < -0.39 is 0 Å². The van der Waals surface area contributed by atoms with Crippen LogP contribution in [0.15, 0.2) is 18.2 Å². The van der Waals surface area contributed by atoms with Gasteiger partial charge in [-0.1, -0.05) is 19.9 Å². The number of aliphatic hydroxyl groups excluding tert-OH is 1. The van der Waals surface area contributed by atoms with Crippen molar-refractivity contribution < 1.29 is 14.6 Å². The smallest absolute Gasteiger partial charge is 0.161 e. The van der Waals surface area contributed by atoms with E-state index in [0.29, 0.717) is 18.1 Å². The number of hydrogen-bond donors (Lipinski definition) is 3. The molecule has 0 aliphatic heterocycles. The molecule has 1 aromatic carbocycles. The normalized spacial score (nSPS) is 11.2. The largest absolute Gasteiger partial charge is 0.493 e. The third-order valence-corrected chi connectivity index (χ3v) is 3.59. The number of amidine groups is 1. The van der Waals surface area contributed by atoms with Gasteiger partial charge in [0, 0.05) is 5.41 Å². The molecule has 1 rings (SSSR count). The van der Waals surface area contributed by atoms with Gasteiger partial charge in [-0.25, -0.2) is 0 Å². The first-order chi connectivity index (χ1) is 9.90. The van der Waals surface area contributed by atoms with Crippen LogP contribution in [0.2, 0.25) is 0 Å². The molecule has 0 aliphatic carbocycles. The predicted molar refractivity (Wildman–Crippen MR) is 84.0 cm³/mol. The Morgan fingerprint density at radius 3 is 2.57 bits per heavy atom. The monoisotopic (exact) mass is 294 g/mol. The Balaban J connectivity index is 2.41. The summed E-state index contributed by atoms with van der Waals surface area (Å²) < 4.78 is 11.0. The third kappa shape index (κ3) is 5.27. The number of hydrogen-bond acceptors (Lipinski definition) is 4. The molecule has 118 valence electrons. The first-order valence-electron chi connectivity index (χ1n) is 7.16. The Labute approximate surface area is 126 Å². The van der Waals surface area contributed by atoms with Crippen molar-refractivity contribution >= 4 is 5.84 Å². The minimum atomic E-state index is -0.250. The van der Waals surface area contributed by atoms with Crippen LogP contribution in [0.4, 0.5) is 0 Å². The van der Waals surface area contributed by atoms with E-state index in [2.05, 4.69) is 0 Å². The van der Waals surface area contributed by atoms with Gasteiger partial charge >= 0.3 is 0 Å². The van der Waals surface area contributed by atoms with Crippen LogP contribution in [0.5, 0.6) is 11.5 Å². The SMILES string of the molecule is COc1cc(CO)ccc1OCCCCC(C)(C)C(=N)N. The van der Waals surface area contributed by atoms with E-state index in [1.165, 1.54) is 0 Å². The fourth-order valence-electron chi connectivity index (χ4n) is 1.92. The molecule has 0 saturated carbocycles. The maximum absolute atomic E-state index is 9.09. The molecular weight excluding hydrogens is 268 g/mol. The molecule has 0 spiro atoms. The fourth-order valence-corrected chi connectivity index (χ4v) is 1.92. The van der Waals surface area contributed by atoms with Crippen molar-refractivity contribution in [1.29, 1.82) is 5.41 Å². The second-order valence-corrected chi connectivity index (χ2v) is 5.75. The van der Waals surface area contributed by atoms with Gasteiger partial charge < -0.3 is 20.3 Å². The molecular formula is C16H26N2O3. The minimum Gasteiger partial charge on any atom is -0.493 e. The van der Waals surface area contributed by atoms with Crippen LogP contribution in [0.25, 0.3) is 0 Å². The van der Waals surface area contributed by atoms with Crippen molar-refractivity contribution in [3.8, 4) is 11.5 Å². The van der Waals surface area contributed by atoms with Gasteiger partial charge in [-0.15, -0.1) is 0 Å². The molecule has 0 bridgehead atoms. The zero-order valence-electron chi connectivity index (χ0n) is 13.1. The maximum atomic E-state index is 9.09. The first kappa shape index (κ1) is 17.3. The van der Waals surface area contributed by atoms with Gasteiger partial charge in [-0.3, -0.25) is 5.41 Å². The van der Waals surface area contributed by atoms with Crippen LogP contribution in [0, 0.1) is 10.8 Å². The van der Waals surface area contributed by atoms with E-state index in [1.54, 1.807) is 13.2 Å². The summed E-state index contributed by atoms with van der Waals surface area (Å²) in [5, 5.41) is 16.6. The van der Waals surface area contributed by atoms with Gasteiger partial charge in [0.05, 0.1) is 26.2 Å². The molecule has 0 fully saturated rings. The molecule has 5 nitrogen and oxygen atoms in total. The molecule has 0 heterocycles. The molecule has 0 atom stereocenters. The number of rotatable bonds is 9. The standard InChI is InChI=1S/C16H26N2O3/c1-16(2,15(17)18)8-4-5-9-21-13-7-6-12(11-19)10-14(13)20-3/h6-7,10,19H,4-5,8-9,11H2,1-3H3,(H3,17,18). The first-order valence-corrected chi connectivity index (χ1v) is 7.16. The summed E-state index contributed by atoms with van der Waals surface area (Å²) >= 11 is 0. The highest BCUT2D eigenvalue weighted by Gasteiger charge is 2.20. The van der Waals surface area contributed by atoms with E-state index in [-0.39, 0.29) is 17.9 Å². The van der Waals surface area contributed by atoms with Crippen LogP contribution in [0.1, 0.15) is 38.7 Å². The number of aliphatic hydroxyl groups is 1. The lowest BCUT2D eigenvalue weighted by atomic mass is 9.86. The van der Waals surface area contributed by atoms with E-state index in [9.17, 15) is 0 Å². The summed E-state index contributed by atoms with van der Waals surface area (Å²) in [4.78, 5) is 0. The highest BCUT2D eigenvalue weighted by atomic mass is 16.5. The topological polar surface area (TPSA) is 88.6 Å². The molecule has 0 unspecified atom stereocenters. The number of unbranched alkanes of at least 4 members (excludes halogenated alkanes) is 1. The second kappa shape index (κ2) is 7.88. The number of benzene rings is 1. The molecule has 21 heavy (non-hydrogen) atoms. The Morgan fingerprint density at radius 1 is 1.29 bits per heavy atom. The lowest BCUT2D eigenvalue weighted by Gasteiger charge is -2.22. The van der Waals surface area contributed by atoms with Crippen molar-refractivity contribution in [2.45, 2.75) is 39.7 Å². The summed E-state index contributed by atoms with van der Waals surface area (Å²) in [6.07, 6.45) is 2.71. The molecule has 0 aromatic heterocycles. The van der Waals surface area contributed by atoms with Crippen LogP contribution in [-0.4, -0.2) is 24.7 Å². The number of methoxy groups -OCH3 is 1. The van der Waals surface area contributed by atoms with E-state index in [4.69, 9.17) is 25.7 Å². The van der Waals surface area contributed by atoms with Gasteiger partial charge in [-0.05, 0) is 37.0 Å². The van der Waals surface area contributed by atoms with Gasteiger partial charge in [0.2, 0.25) is 0 Å². The van der Waals surface area contributed by atoms with Gasteiger partial charge in [0.25, 0.3) is 0 Å². The van der Waals surface area contributed by atoms with Crippen molar-refractivity contribution in [2.24, 2.45) is 11.1 Å². The third-order valence-electron chi connectivity index (χ3n) is 3.59. The lowest BCUT2D eigenvalue weighted by Crippen LogP contribution is -2.30. The summed E-state index contributed by atoms with van der Waals surface area (Å²) in [6, 6.07) is 5.40. The predicted octanol–water partition coefficient (Wildman–Crippen LogP) is 2.70. The molecule has 5 heteroatoms. The molecule has 1 aromatic rings. The number of ether oxygens (including phenoxy) is 2. The van der Waals surface area contributed by atoms with E-state index in [1.807, 2.05) is 26.0 Å².